The molecule has 13 nitrogen and oxygen atoms in total. The third kappa shape index (κ3) is 10.4. The van der Waals surface area contributed by atoms with E-state index in [0.29, 0.717) is 0 Å². The first kappa shape index (κ1) is 32.8. The summed E-state index contributed by atoms with van der Waals surface area (Å²) in [5.74, 6) is -4.54. The second kappa shape index (κ2) is 14.0. The first-order valence-corrected chi connectivity index (χ1v) is 11.0. The van der Waals surface area contributed by atoms with Crippen molar-refractivity contribution >= 4 is 35.5 Å². The second-order valence-corrected chi connectivity index (χ2v) is 8.27. The topological polar surface area (TPSA) is 205 Å². The number of hydrogen-bond donors (Lipinski definition) is 1. The number of nitrogens with zero attached hydrogens (tertiary/aromatic N) is 1. The summed E-state index contributed by atoms with van der Waals surface area (Å²) >= 11 is 0. The Morgan fingerprint density at radius 3 is 2.03 bits per heavy atom. The maximum Gasteiger partial charge on any atom is 1.00 e. The Labute approximate surface area is 222 Å². The molecule has 162 valence electrons. The molecule has 1 aromatic rings. The smallest absolute Gasteiger partial charge is 0.780 e. The second-order valence-electron chi connectivity index (χ2n) is 5.47. The van der Waals surface area contributed by atoms with Gasteiger partial charge < -0.3 is 23.6 Å². The quantitative estimate of drug-likeness (QED) is 0.105. The number of hydrogen-bond acceptors (Lipinski definition) is 11. The van der Waals surface area contributed by atoms with Gasteiger partial charge in [-0.15, -0.1) is 0 Å². The standard InChI is InChI=1S/C14H19N2O11PS.2Na/c1-3-11(13(17)27-28(21,22)23)12(14(18)26-4-2)15-29(24,25)10-7-5-9(6-8-10)16(19)20;;/h5-8,11-12,15H,3-4H2,1-2H3,(H2,21,22,23);;/q;2*+1/p-2/t11-,12+;;/m1../s1. The molecule has 0 bridgehead atoms. The maximum atomic E-state index is 12.5. The van der Waals surface area contributed by atoms with Gasteiger partial charge in [-0.3, -0.25) is 19.7 Å². The molecule has 0 heterocycles. The van der Waals surface area contributed by atoms with Gasteiger partial charge in [-0.25, -0.2) is 8.42 Å². The van der Waals surface area contributed by atoms with Crippen molar-refractivity contribution in [1.29, 1.82) is 0 Å². The number of ether oxygens (including phenoxy) is 1. The number of benzene rings is 1. The van der Waals surface area contributed by atoms with Crippen LogP contribution in [0.25, 0.3) is 0 Å². The molecule has 0 saturated carbocycles. The number of carbonyl (C=O) groups excluding carboxylic acids is 2. The Hall–Kier alpha value is -0.380. The van der Waals surface area contributed by atoms with Gasteiger partial charge in [-0.05, 0) is 25.5 Å². The van der Waals surface area contributed by atoms with Crippen molar-refractivity contribution < 1.29 is 106 Å². The summed E-state index contributed by atoms with van der Waals surface area (Å²) in [4.78, 5) is 55.0. The molecule has 17 heteroatoms. The summed E-state index contributed by atoms with van der Waals surface area (Å²) in [7, 11) is -10.2. The van der Waals surface area contributed by atoms with Gasteiger partial charge in [0.05, 0.1) is 22.3 Å². The Morgan fingerprint density at radius 1 is 1.13 bits per heavy atom. The van der Waals surface area contributed by atoms with Gasteiger partial charge in [0, 0.05) is 12.1 Å². The molecule has 1 N–H and O–H groups in total. The zero-order valence-corrected chi connectivity index (χ0v) is 22.9. The van der Waals surface area contributed by atoms with Crippen molar-refractivity contribution in [3.8, 4) is 0 Å². The number of phosphoric acid groups is 1. The number of carbonyl (C=O) groups is 2. The van der Waals surface area contributed by atoms with Crippen LogP contribution in [0.1, 0.15) is 20.3 Å². The molecule has 0 aliphatic carbocycles. The maximum absolute atomic E-state index is 12.5. The van der Waals surface area contributed by atoms with Crippen molar-refractivity contribution in [2.24, 2.45) is 5.92 Å². The van der Waals surface area contributed by atoms with Crippen molar-refractivity contribution in [3.05, 3.63) is 34.4 Å². The molecule has 0 unspecified atom stereocenters. The van der Waals surface area contributed by atoms with E-state index < -0.39 is 51.6 Å². The van der Waals surface area contributed by atoms with Crippen LogP contribution in [0.15, 0.2) is 29.2 Å². The summed E-state index contributed by atoms with van der Waals surface area (Å²) in [5.41, 5.74) is -0.387. The molecular formula is C14H17N2Na2O11PS. The minimum absolute atomic E-state index is 0. The van der Waals surface area contributed by atoms with Gasteiger partial charge >= 0.3 is 71.1 Å². The van der Waals surface area contributed by atoms with E-state index in [0.717, 1.165) is 24.3 Å². The van der Waals surface area contributed by atoms with Crippen molar-refractivity contribution in [2.75, 3.05) is 6.61 Å². The normalized spacial score (nSPS) is 13.0. The Morgan fingerprint density at radius 2 is 1.65 bits per heavy atom. The molecule has 1 aromatic carbocycles. The van der Waals surface area contributed by atoms with E-state index in [9.17, 15) is 42.5 Å². The summed E-state index contributed by atoms with van der Waals surface area (Å²) < 4.78 is 46.1. The van der Waals surface area contributed by atoms with Crippen LogP contribution in [0.4, 0.5) is 5.69 Å². The number of phosphoric ester groups is 1. The van der Waals surface area contributed by atoms with Crippen LogP contribution in [0.3, 0.4) is 0 Å². The van der Waals surface area contributed by atoms with Gasteiger partial charge in [-0.1, -0.05) is 6.92 Å². The zero-order valence-electron chi connectivity index (χ0n) is 17.2. The van der Waals surface area contributed by atoms with Crippen molar-refractivity contribution in [1.82, 2.24) is 4.72 Å². The van der Waals surface area contributed by atoms with Gasteiger partial charge in [0.15, 0.2) is 0 Å². The molecule has 31 heavy (non-hydrogen) atoms. The molecule has 0 fully saturated rings. The molecule has 0 aliphatic rings. The average molecular weight is 498 g/mol. The number of esters is 1. The Balaban J connectivity index is 0. The van der Waals surface area contributed by atoms with Gasteiger partial charge in [0.2, 0.25) is 10.0 Å². The number of nitro groups is 1. The summed E-state index contributed by atoms with van der Waals surface area (Å²) in [5, 5.41) is 10.7. The monoisotopic (exact) mass is 498 g/mol. The van der Waals surface area contributed by atoms with Crippen LogP contribution in [0.2, 0.25) is 0 Å². The minimum atomic E-state index is -5.74. The van der Waals surface area contributed by atoms with Crippen LogP contribution in [-0.4, -0.2) is 37.9 Å². The summed E-state index contributed by atoms with van der Waals surface area (Å²) in [6, 6.07) is 1.69. The average Bonchev–Trinajstić information content (AvgIpc) is 2.60. The van der Waals surface area contributed by atoms with Gasteiger partial charge in [0.1, 0.15) is 13.9 Å². The zero-order chi connectivity index (χ0) is 22.4. The Bertz CT molecular complexity index is 921. The Kier molecular flexibility index (Phi) is 14.8. The first-order valence-electron chi connectivity index (χ1n) is 8.01. The van der Waals surface area contributed by atoms with E-state index in [4.69, 9.17) is 4.74 Å². The molecule has 0 aromatic heterocycles. The number of nitro benzene ring substituents is 1. The van der Waals surface area contributed by atoms with E-state index in [2.05, 4.69) is 4.52 Å². The van der Waals surface area contributed by atoms with Crippen LogP contribution in [0, 0.1) is 16.0 Å². The van der Waals surface area contributed by atoms with E-state index >= 15 is 0 Å². The molecule has 0 amide bonds. The first-order chi connectivity index (χ1) is 13.3. The fourth-order valence-electron chi connectivity index (χ4n) is 2.23. The summed E-state index contributed by atoms with van der Waals surface area (Å²) in [6.45, 7) is 2.53. The third-order valence-corrected chi connectivity index (χ3v) is 5.39. The molecule has 1 rings (SSSR count). The van der Waals surface area contributed by atoms with E-state index in [1.54, 1.807) is 0 Å². The van der Waals surface area contributed by atoms with Crippen LogP contribution in [0.5, 0.6) is 0 Å². The van der Waals surface area contributed by atoms with Crippen LogP contribution < -0.4 is 73.6 Å². The molecule has 0 aliphatic heterocycles. The molecule has 0 saturated heterocycles. The fourth-order valence-corrected chi connectivity index (χ4v) is 3.81. The van der Waals surface area contributed by atoms with Crippen LogP contribution in [-0.2, 0) is 33.4 Å². The predicted molar refractivity (Wildman–Crippen MR) is 91.3 cm³/mol. The predicted octanol–water partition coefficient (Wildman–Crippen LogP) is -6.79. The van der Waals surface area contributed by atoms with Gasteiger partial charge in [-0.2, -0.15) is 4.72 Å². The molecule has 2 atom stereocenters. The molecular weight excluding hydrogens is 481 g/mol. The van der Waals surface area contributed by atoms with Gasteiger partial charge in [0.25, 0.3) is 5.69 Å². The molecule has 0 spiro atoms. The molecule has 0 radical (unpaired) electrons. The number of rotatable bonds is 10. The number of non-ortho nitro benzene ring substituents is 1. The van der Waals surface area contributed by atoms with E-state index in [1.807, 2.05) is 4.72 Å². The summed E-state index contributed by atoms with van der Waals surface area (Å²) in [6.07, 6.45) is -0.287. The van der Waals surface area contributed by atoms with E-state index in [-0.39, 0.29) is 77.8 Å². The fraction of sp³-hybridized carbons (Fsp3) is 0.429. The third-order valence-electron chi connectivity index (χ3n) is 3.53. The van der Waals surface area contributed by atoms with Crippen molar-refractivity contribution in [3.63, 3.8) is 0 Å². The van der Waals surface area contributed by atoms with Crippen molar-refractivity contribution in [2.45, 2.75) is 31.2 Å². The number of nitrogens with one attached hydrogen (secondary N) is 1. The SMILES string of the molecule is CCOC(=O)[C@@H](NS(=O)(=O)c1ccc([N+](=O)[O-])cc1)[C@@H](CC)C(=O)OP(=O)([O-])[O-].[Na+].[Na+]. The number of sulfonamides is 1. The largest absolute Gasteiger partial charge is 1.00 e. The van der Waals surface area contributed by atoms with Crippen LogP contribution >= 0.6 is 7.82 Å². The van der Waals surface area contributed by atoms with E-state index in [1.165, 1.54) is 13.8 Å². The minimum Gasteiger partial charge on any atom is -0.780 e.